The van der Waals surface area contributed by atoms with Gasteiger partial charge >= 0.3 is 0 Å². The second kappa shape index (κ2) is 5.78. The zero-order valence-electron chi connectivity index (χ0n) is 13.3. The zero-order valence-corrected chi connectivity index (χ0v) is 14.3. The van der Waals surface area contributed by atoms with Gasteiger partial charge < -0.3 is 9.74 Å². The maximum Gasteiger partial charge on any atom is 0.192 e. The molecule has 21 heavy (non-hydrogen) atoms. The monoisotopic (exact) mass is 312 g/mol. The van der Waals surface area contributed by atoms with Crippen LogP contribution in [0.15, 0.2) is 18.2 Å². The second-order valence-corrected chi connectivity index (χ2v) is 12.0. The van der Waals surface area contributed by atoms with E-state index in [-0.39, 0.29) is 23.0 Å². The minimum absolute atomic E-state index is 0.0569. The maximum absolute atomic E-state index is 13.8. The Morgan fingerprint density at radius 2 is 1.90 bits per heavy atom. The lowest BCUT2D eigenvalue weighted by Crippen LogP contribution is -2.43. The Hall–Kier alpha value is -0.783. The van der Waals surface area contributed by atoms with E-state index in [2.05, 4.69) is 39.2 Å². The predicted octanol–water partition coefficient (Wildman–Crippen LogP) is 4.55. The van der Waals surface area contributed by atoms with Gasteiger partial charge in [-0.2, -0.15) is 0 Å². The highest BCUT2D eigenvalue weighted by molar-refractivity contribution is 6.74. The van der Waals surface area contributed by atoms with Gasteiger partial charge in [-0.3, -0.25) is 0 Å². The third kappa shape index (κ3) is 3.70. The first-order valence-electron chi connectivity index (χ1n) is 7.32. The largest absolute Gasteiger partial charge is 0.412 e. The van der Waals surface area contributed by atoms with Crippen molar-refractivity contribution in [1.29, 1.82) is 0 Å². The Morgan fingerprint density at radius 3 is 2.52 bits per heavy atom. The Balaban J connectivity index is 2.06. The van der Waals surface area contributed by atoms with Gasteiger partial charge in [0.1, 0.15) is 11.6 Å². The summed E-state index contributed by atoms with van der Waals surface area (Å²) in [4.78, 5) is 0. The molecule has 1 aliphatic rings. The molecule has 0 bridgehead atoms. The van der Waals surface area contributed by atoms with Crippen molar-refractivity contribution in [2.45, 2.75) is 57.5 Å². The van der Waals surface area contributed by atoms with Crippen LogP contribution in [0, 0.1) is 18.2 Å². The molecule has 0 aromatic heterocycles. The molecule has 1 unspecified atom stereocenters. The summed E-state index contributed by atoms with van der Waals surface area (Å²) < 4.78 is 33.4. The van der Waals surface area contributed by atoms with Crippen LogP contribution in [-0.2, 0) is 4.43 Å². The van der Waals surface area contributed by atoms with Gasteiger partial charge in [-0.1, -0.05) is 20.8 Å². The lowest BCUT2D eigenvalue weighted by Gasteiger charge is -2.38. The maximum atomic E-state index is 13.8. The van der Waals surface area contributed by atoms with E-state index in [1.165, 1.54) is 12.1 Å². The van der Waals surface area contributed by atoms with Crippen LogP contribution in [0.25, 0.3) is 0 Å². The quantitative estimate of drug-likeness (QED) is 0.827. The SMILES string of the molecule is CC(C)(C)[Si](C)(C)O[C@H]1[CH]NC(c2cc(F)ccc2F)C1. The molecule has 1 saturated heterocycles. The average molecular weight is 312 g/mol. The molecule has 5 heteroatoms. The van der Waals surface area contributed by atoms with E-state index < -0.39 is 14.1 Å². The molecule has 0 spiro atoms. The summed E-state index contributed by atoms with van der Waals surface area (Å²) in [6.45, 7) is 12.8. The van der Waals surface area contributed by atoms with Crippen molar-refractivity contribution in [2.75, 3.05) is 0 Å². The summed E-state index contributed by atoms with van der Waals surface area (Å²) in [6, 6.07) is 3.35. The summed E-state index contributed by atoms with van der Waals surface area (Å²) in [5.74, 6) is -0.794. The molecular weight excluding hydrogens is 288 g/mol. The van der Waals surface area contributed by atoms with Crippen LogP contribution < -0.4 is 5.32 Å². The Morgan fingerprint density at radius 1 is 1.24 bits per heavy atom. The minimum Gasteiger partial charge on any atom is -0.412 e. The Kier molecular flexibility index (Phi) is 4.56. The fraction of sp³-hybridized carbons (Fsp3) is 0.562. The Labute approximate surface area is 127 Å². The molecule has 2 atom stereocenters. The normalized spacial score (nSPS) is 23.6. The van der Waals surface area contributed by atoms with Crippen LogP contribution in [0.1, 0.15) is 38.8 Å². The van der Waals surface area contributed by atoms with Gasteiger partial charge in [0, 0.05) is 11.6 Å². The van der Waals surface area contributed by atoms with E-state index in [1.807, 2.05) is 6.54 Å². The first-order chi connectivity index (χ1) is 9.60. The third-order valence-electron chi connectivity index (χ3n) is 4.54. The smallest absolute Gasteiger partial charge is 0.192 e. The van der Waals surface area contributed by atoms with Crippen LogP contribution >= 0.6 is 0 Å². The summed E-state index contributed by atoms with van der Waals surface area (Å²) in [7, 11) is -1.86. The highest BCUT2D eigenvalue weighted by Crippen LogP contribution is 2.40. The van der Waals surface area contributed by atoms with Crippen molar-refractivity contribution < 1.29 is 13.2 Å². The number of rotatable bonds is 3. The molecule has 1 heterocycles. The van der Waals surface area contributed by atoms with Crippen molar-refractivity contribution in [1.82, 2.24) is 5.32 Å². The van der Waals surface area contributed by atoms with Crippen LogP contribution in [0.3, 0.4) is 0 Å². The molecule has 0 aliphatic carbocycles. The van der Waals surface area contributed by atoms with Crippen LogP contribution in [0.4, 0.5) is 8.78 Å². The molecule has 1 fully saturated rings. The molecule has 1 radical (unpaired) electrons. The molecule has 0 saturated carbocycles. The van der Waals surface area contributed by atoms with E-state index in [9.17, 15) is 8.78 Å². The average Bonchev–Trinajstić information content (AvgIpc) is 2.78. The molecular formula is C16H24F2NOSi. The summed E-state index contributed by atoms with van der Waals surface area (Å²) in [5.41, 5.74) is 0.368. The standard InChI is InChI=1S/C16H24F2NOSi/c1-16(2,3)21(4,5)20-12-9-15(19-10-12)13-8-11(17)6-7-14(13)18/h6-8,10,12,15,19H,9H2,1-5H3/t12-,15?/m1/s1. The first-order valence-corrected chi connectivity index (χ1v) is 10.2. The van der Waals surface area contributed by atoms with Gasteiger partial charge in [0.05, 0.1) is 12.6 Å². The van der Waals surface area contributed by atoms with E-state index >= 15 is 0 Å². The molecule has 2 nitrogen and oxygen atoms in total. The first kappa shape index (κ1) is 16.6. The second-order valence-electron chi connectivity index (χ2n) is 7.20. The van der Waals surface area contributed by atoms with Gasteiger partial charge in [0.2, 0.25) is 0 Å². The van der Waals surface area contributed by atoms with E-state index in [0.29, 0.717) is 12.0 Å². The molecule has 1 aliphatic heterocycles. The highest BCUT2D eigenvalue weighted by atomic mass is 28.4. The topological polar surface area (TPSA) is 21.3 Å². The predicted molar refractivity (Wildman–Crippen MR) is 83.2 cm³/mol. The highest BCUT2D eigenvalue weighted by Gasteiger charge is 2.41. The summed E-state index contributed by atoms with van der Waals surface area (Å²) in [5, 5.41) is 3.26. The molecule has 2 rings (SSSR count). The lowest BCUT2D eigenvalue weighted by atomic mass is 10.0. The van der Waals surface area contributed by atoms with Crippen molar-refractivity contribution >= 4 is 8.32 Å². The van der Waals surface area contributed by atoms with Gasteiger partial charge in [-0.15, -0.1) is 0 Å². The fourth-order valence-electron chi connectivity index (χ4n) is 2.23. The number of benzene rings is 1. The third-order valence-corrected chi connectivity index (χ3v) is 9.04. The number of nitrogens with one attached hydrogen (secondary N) is 1. The number of halogens is 2. The van der Waals surface area contributed by atoms with E-state index in [0.717, 1.165) is 6.07 Å². The van der Waals surface area contributed by atoms with Gasteiger partial charge in [0.15, 0.2) is 8.32 Å². The van der Waals surface area contributed by atoms with Crippen molar-refractivity contribution in [3.05, 3.63) is 41.9 Å². The van der Waals surface area contributed by atoms with Gasteiger partial charge in [-0.05, 0) is 42.8 Å². The van der Waals surface area contributed by atoms with Gasteiger partial charge in [0.25, 0.3) is 0 Å². The van der Waals surface area contributed by atoms with Gasteiger partial charge in [-0.25, -0.2) is 8.78 Å². The molecule has 1 aromatic rings. The zero-order chi connectivity index (χ0) is 15.8. The molecule has 1 aromatic carbocycles. The molecule has 0 amide bonds. The number of hydrogen-bond donors (Lipinski definition) is 1. The fourth-order valence-corrected chi connectivity index (χ4v) is 3.50. The van der Waals surface area contributed by atoms with Crippen molar-refractivity contribution in [2.24, 2.45) is 0 Å². The molecule has 117 valence electrons. The van der Waals surface area contributed by atoms with Crippen LogP contribution in [-0.4, -0.2) is 14.4 Å². The number of hydrogen-bond acceptors (Lipinski definition) is 2. The minimum atomic E-state index is -1.86. The summed E-state index contributed by atoms with van der Waals surface area (Å²) in [6.07, 6.45) is 0.575. The molecule has 1 N–H and O–H groups in total. The Bertz CT molecular complexity index is 513. The van der Waals surface area contributed by atoms with E-state index in [1.54, 1.807) is 0 Å². The summed E-state index contributed by atoms with van der Waals surface area (Å²) >= 11 is 0. The van der Waals surface area contributed by atoms with Crippen molar-refractivity contribution in [3.63, 3.8) is 0 Å². The van der Waals surface area contributed by atoms with E-state index in [4.69, 9.17) is 4.43 Å². The lowest BCUT2D eigenvalue weighted by molar-refractivity contribution is 0.214. The van der Waals surface area contributed by atoms with Crippen LogP contribution in [0.2, 0.25) is 18.1 Å². The van der Waals surface area contributed by atoms with Crippen molar-refractivity contribution in [3.8, 4) is 0 Å². The van der Waals surface area contributed by atoms with Crippen LogP contribution in [0.5, 0.6) is 0 Å².